The van der Waals surface area contributed by atoms with Crippen LogP contribution in [0.3, 0.4) is 0 Å². The average Bonchev–Trinajstić information content (AvgIpc) is 2.47. The van der Waals surface area contributed by atoms with Crippen molar-refractivity contribution >= 4 is 33.3 Å². The van der Waals surface area contributed by atoms with Crippen LogP contribution >= 0.6 is 11.6 Å². The molecular formula is C14H9ClN2O4S. The van der Waals surface area contributed by atoms with E-state index in [1.807, 2.05) is 6.07 Å². The number of rotatable bonds is 4. The third-order valence-corrected chi connectivity index (χ3v) is 4.60. The highest BCUT2D eigenvalue weighted by Crippen LogP contribution is 2.25. The first-order chi connectivity index (χ1) is 10.3. The highest BCUT2D eigenvalue weighted by Gasteiger charge is 2.20. The second-order valence-electron chi connectivity index (χ2n) is 4.25. The number of sulfonamides is 1. The number of hydrogen-bond acceptors (Lipinski definition) is 4. The maximum absolute atomic E-state index is 12.3. The molecule has 0 saturated carbocycles. The molecule has 22 heavy (non-hydrogen) atoms. The van der Waals surface area contributed by atoms with Crippen molar-refractivity contribution in [1.29, 1.82) is 5.26 Å². The summed E-state index contributed by atoms with van der Waals surface area (Å²) in [7, 11) is -4.05. The van der Waals surface area contributed by atoms with Crippen LogP contribution in [-0.2, 0) is 10.0 Å². The van der Waals surface area contributed by atoms with Crippen molar-refractivity contribution in [3.05, 3.63) is 58.6 Å². The third-order valence-electron chi connectivity index (χ3n) is 2.73. The number of anilines is 1. The van der Waals surface area contributed by atoms with Crippen molar-refractivity contribution in [2.75, 3.05) is 4.72 Å². The first kappa shape index (κ1) is 15.8. The standard InChI is InChI=1S/C14H9ClN2O4S/c15-12-6-3-10(14(18)19)7-13(12)22(20,21)17-11-4-1-9(8-16)2-5-11/h1-7,17H,(H,18,19). The Balaban J connectivity index is 2.39. The molecule has 0 unspecified atom stereocenters. The molecule has 0 aliphatic rings. The monoisotopic (exact) mass is 336 g/mol. The van der Waals surface area contributed by atoms with Crippen LogP contribution in [0.2, 0.25) is 5.02 Å². The minimum Gasteiger partial charge on any atom is -0.478 e. The van der Waals surface area contributed by atoms with E-state index in [1.165, 1.54) is 36.4 Å². The van der Waals surface area contributed by atoms with E-state index in [0.29, 0.717) is 5.56 Å². The van der Waals surface area contributed by atoms with Crippen molar-refractivity contribution in [3.63, 3.8) is 0 Å². The summed E-state index contributed by atoms with van der Waals surface area (Å²) in [6.45, 7) is 0. The van der Waals surface area contributed by atoms with Gasteiger partial charge in [0.25, 0.3) is 10.0 Å². The van der Waals surface area contributed by atoms with Crippen molar-refractivity contribution < 1.29 is 18.3 Å². The van der Waals surface area contributed by atoms with Gasteiger partial charge in [-0.15, -0.1) is 0 Å². The molecule has 0 heterocycles. The SMILES string of the molecule is N#Cc1ccc(NS(=O)(=O)c2cc(C(=O)O)ccc2Cl)cc1. The molecule has 0 saturated heterocycles. The summed E-state index contributed by atoms with van der Waals surface area (Å²) in [5.74, 6) is -1.26. The van der Waals surface area contributed by atoms with E-state index >= 15 is 0 Å². The quantitative estimate of drug-likeness (QED) is 0.892. The van der Waals surface area contributed by atoms with Gasteiger partial charge in [-0.2, -0.15) is 5.26 Å². The van der Waals surface area contributed by atoms with Crippen LogP contribution < -0.4 is 4.72 Å². The number of nitriles is 1. The summed E-state index contributed by atoms with van der Waals surface area (Å²) in [5, 5.41) is 17.5. The van der Waals surface area contributed by atoms with Crippen LogP contribution in [0.4, 0.5) is 5.69 Å². The second kappa shape index (κ2) is 6.05. The lowest BCUT2D eigenvalue weighted by atomic mass is 10.2. The molecule has 0 aliphatic heterocycles. The van der Waals surface area contributed by atoms with Crippen LogP contribution in [0, 0.1) is 11.3 Å². The van der Waals surface area contributed by atoms with Gasteiger partial charge in [0.1, 0.15) is 4.90 Å². The van der Waals surface area contributed by atoms with Crippen LogP contribution in [0.5, 0.6) is 0 Å². The Morgan fingerprint density at radius 3 is 2.36 bits per heavy atom. The molecule has 8 heteroatoms. The van der Waals surface area contributed by atoms with Gasteiger partial charge in [0, 0.05) is 5.69 Å². The highest BCUT2D eigenvalue weighted by atomic mass is 35.5. The molecule has 112 valence electrons. The molecule has 2 N–H and O–H groups in total. The summed E-state index contributed by atoms with van der Waals surface area (Å²) in [6, 6.07) is 11.1. The van der Waals surface area contributed by atoms with Gasteiger partial charge >= 0.3 is 5.97 Å². The molecule has 0 fully saturated rings. The number of nitrogens with one attached hydrogen (secondary N) is 1. The van der Waals surface area contributed by atoms with Gasteiger partial charge in [-0.25, -0.2) is 13.2 Å². The maximum atomic E-state index is 12.3. The molecule has 0 radical (unpaired) electrons. The Hall–Kier alpha value is -2.56. The largest absolute Gasteiger partial charge is 0.478 e. The van der Waals surface area contributed by atoms with E-state index in [2.05, 4.69) is 4.72 Å². The van der Waals surface area contributed by atoms with Crippen LogP contribution in [0.15, 0.2) is 47.4 Å². The van der Waals surface area contributed by atoms with Gasteiger partial charge in [0.15, 0.2) is 0 Å². The number of benzene rings is 2. The predicted octanol–water partition coefficient (Wildman–Crippen LogP) is 2.71. The Morgan fingerprint density at radius 1 is 1.18 bits per heavy atom. The normalized spacial score (nSPS) is 10.7. The first-order valence-corrected chi connectivity index (χ1v) is 7.75. The fraction of sp³-hybridized carbons (Fsp3) is 0. The van der Waals surface area contributed by atoms with E-state index in [4.69, 9.17) is 22.0 Å². The van der Waals surface area contributed by atoms with E-state index in [0.717, 1.165) is 6.07 Å². The third kappa shape index (κ3) is 3.36. The number of nitrogens with zero attached hydrogens (tertiary/aromatic N) is 1. The smallest absolute Gasteiger partial charge is 0.335 e. The molecule has 6 nitrogen and oxygen atoms in total. The molecule has 0 atom stereocenters. The van der Waals surface area contributed by atoms with E-state index in [-0.39, 0.29) is 21.2 Å². The van der Waals surface area contributed by atoms with Gasteiger partial charge in [0.05, 0.1) is 22.2 Å². The first-order valence-electron chi connectivity index (χ1n) is 5.89. The zero-order valence-electron chi connectivity index (χ0n) is 10.9. The van der Waals surface area contributed by atoms with Crippen molar-refractivity contribution in [1.82, 2.24) is 0 Å². The number of carbonyl (C=O) groups is 1. The summed E-state index contributed by atoms with van der Waals surface area (Å²) >= 11 is 5.84. The number of halogens is 1. The average molecular weight is 337 g/mol. The molecule has 2 rings (SSSR count). The fourth-order valence-corrected chi connectivity index (χ4v) is 3.25. The summed E-state index contributed by atoms with van der Waals surface area (Å²) in [4.78, 5) is 10.6. The molecular weight excluding hydrogens is 328 g/mol. The minimum absolute atomic E-state index is 0.0915. The number of aromatic carboxylic acids is 1. The lowest BCUT2D eigenvalue weighted by molar-refractivity contribution is 0.0696. The summed E-state index contributed by atoms with van der Waals surface area (Å²) < 4.78 is 26.9. The Labute approximate surface area is 131 Å². The number of carboxylic acids is 1. The lowest BCUT2D eigenvalue weighted by Crippen LogP contribution is -2.14. The molecule has 2 aromatic rings. The van der Waals surface area contributed by atoms with Crippen molar-refractivity contribution in [2.24, 2.45) is 0 Å². The highest BCUT2D eigenvalue weighted by molar-refractivity contribution is 7.92. The lowest BCUT2D eigenvalue weighted by Gasteiger charge is -2.10. The zero-order valence-corrected chi connectivity index (χ0v) is 12.5. The molecule has 0 amide bonds. The Kier molecular flexibility index (Phi) is 4.35. The minimum atomic E-state index is -4.05. The van der Waals surface area contributed by atoms with Crippen molar-refractivity contribution in [3.8, 4) is 6.07 Å². The predicted molar refractivity (Wildman–Crippen MR) is 80.4 cm³/mol. The Bertz CT molecular complexity index is 871. The molecule has 0 bridgehead atoms. The van der Waals surface area contributed by atoms with Gasteiger partial charge < -0.3 is 5.11 Å². The van der Waals surface area contributed by atoms with Gasteiger partial charge in [-0.05, 0) is 42.5 Å². The number of carboxylic acid groups (broad SMARTS) is 1. The zero-order chi connectivity index (χ0) is 16.3. The topological polar surface area (TPSA) is 107 Å². The van der Waals surface area contributed by atoms with E-state index in [1.54, 1.807) is 0 Å². The van der Waals surface area contributed by atoms with Crippen LogP contribution in [-0.4, -0.2) is 19.5 Å². The van der Waals surface area contributed by atoms with Gasteiger partial charge in [-0.1, -0.05) is 11.6 Å². The fourth-order valence-electron chi connectivity index (χ4n) is 1.67. The Morgan fingerprint density at radius 2 is 1.82 bits per heavy atom. The number of hydrogen-bond donors (Lipinski definition) is 2. The maximum Gasteiger partial charge on any atom is 0.335 e. The van der Waals surface area contributed by atoms with Gasteiger partial charge in [-0.3, -0.25) is 4.72 Å². The van der Waals surface area contributed by atoms with Crippen LogP contribution in [0.25, 0.3) is 0 Å². The van der Waals surface area contributed by atoms with E-state index < -0.39 is 16.0 Å². The molecule has 0 aliphatic carbocycles. The second-order valence-corrected chi connectivity index (χ2v) is 6.30. The molecule has 0 aromatic heterocycles. The summed E-state index contributed by atoms with van der Waals surface area (Å²) in [5.41, 5.74) is 0.425. The van der Waals surface area contributed by atoms with Crippen molar-refractivity contribution in [2.45, 2.75) is 4.90 Å². The van der Waals surface area contributed by atoms with Gasteiger partial charge in [0.2, 0.25) is 0 Å². The summed E-state index contributed by atoms with van der Waals surface area (Å²) in [6.07, 6.45) is 0. The molecule has 2 aromatic carbocycles. The van der Waals surface area contributed by atoms with E-state index in [9.17, 15) is 13.2 Å². The van der Waals surface area contributed by atoms with Crippen LogP contribution in [0.1, 0.15) is 15.9 Å². The molecule has 0 spiro atoms.